The van der Waals surface area contributed by atoms with E-state index in [0.717, 1.165) is 10.0 Å². The van der Waals surface area contributed by atoms with Crippen LogP contribution in [0.2, 0.25) is 0 Å². The van der Waals surface area contributed by atoms with Gasteiger partial charge in [0.05, 0.1) is 6.07 Å². The Kier molecular flexibility index (Phi) is 2.82. The van der Waals surface area contributed by atoms with Crippen molar-refractivity contribution in [1.29, 1.82) is 5.26 Å². The largest absolute Gasteiger partial charge is 0.263 e. The summed E-state index contributed by atoms with van der Waals surface area (Å²) in [6.45, 7) is 0. The van der Waals surface area contributed by atoms with E-state index in [1.807, 2.05) is 12.1 Å². The zero-order valence-electron chi connectivity index (χ0n) is 5.66. The van der Waals surface area contributed by atoms with E-state index in [-0.39, 0.29) is 0 Å². The van der Waals surface area contributed by atoms with Gasteiger partial charge in [0.1, 0.15) is 0 Å². The van der Waals surface area contributed by atoms with Crippen LogP contribution >= 0.6 is 15.9 Å². The van der Waals surface area contributed by atoms with Crippen LogP contribution in [0.15, 0.2) is 29.0 Å². The molecule has 0 atom stereocenters. The van der Waals surface area contributed by atoms with Crippen LogP contribution in [-0.2, 0) is 0 Å². The maximum atomic E-state index is 8.23. The summed E-state index contributed by atoms with van der Waals surface area (Å²) < 4.78 is 0.914. The number of hydrogen-bond acceptors (Lipinski definition) is 2. The first-order valence-electron chi connectivity index (χ1n) is 2.99. The van der Waals surface area contributed by atoms with Crippen molar-refractivity contribution in [3.05, 3.63) is 34.6 Å². The number of nitriles is 1. The van der Waals surface area contributed by atoms with E-state index in [9.17, 15) is 0 Å². The van der Waals surface area contributed by atoms with Crippen molar-refractivity contribution in [3.63, 3.8) is 0 Å². The lowest BCUT2D eigenvalue weighted by Crippen LogP contribution is -1.74. The molecule has 11 heavy (non-hydrogen) atoms. The van der Waals surface area contributed by atoms with E-state index in [4.69, 9.17) is 5.26 Å². The van der Waals surface area contributed by atoms with Gasteiger partial charge in [-0.1, -0.05) is 0 Å². The molecule has 54 valence electrons. The predicted molar refractivity (Wildman–Crippen MR) is 46.6 cm³/mol. The molecule has 0 aliphatic carbocycles. The highest BCUT2D eigenvalue weighted by molar-refractivity contribution is 9.10. The number of pyridine rings is 1. The first-order chi connectivity index (χ1) is 5.33. The smallest absolute Gasteiger partial charge is 0.0912 e. The van der Waals surface area contributed by atoms with Crippen LogP contribution in [0, 0.1) is 11.3 Å². The fraction of sp³-hybridized carbons (Fsp3) is 0. The van der Waals surface area contributed by atoms with Crippen molar-refractivity contribution in [3.8, 4) is 6.07 Å². The third kappa shape index (κ3) is 2.52. The predicted octanol–water partition coefficient (Wildman–Crippen LogP) is 2.38. The van der Waals surface area contributed by atoms with Crippen LogP contribution in [0.5, 0.6) is 0 Å². The molecule has 0 spiro atoms. The molecular formula is C8H5BrN2. The van der Waals surface area contributed by atoms with E-state index < -0.39 is 0 Å². The third-order valence-corrected chi connectivity index (χ3v) is 1.51. The normalized spacial score (nSPS) is 9.82. The number of allylic oxidation sites excluding steroid dienone is 1. The summed E-state index contributed by atoms with van der Waals surface area (Å²) >= 11 is 3.27. The quantitative estimate of drug-likeness (QED) is 0.665. The lowest BCUT2D eigenvalue weighted by Gasteiger charge is -1.90. The number of rotatable bonds is 1. The van der Waals surface area contributed by atoms with Gasteiger partial charge in [-0.3, -0.25) is 4.98 Å². The SMILES string of the molecule is N#CC=Cc1cncc(Br)c1. The Morgan fingerprint density at radius 3 is 3.00 bits per heavy atom. The van der Waals surface area contributed by atoms with E-state index >= 15 is 0 Å². The highest BCUT2D eigenvalue weighted by Crippen LogP contribution is 2.10. The summed E-state index contributed by atoms with van der Waals surface area (Å²) in [5.74, 6) is 0. The molecule has 1 aromatic rings. The number of halogens is 1. The van der Waals surface area contributed by atoms with Gasteiger partial charge in [-0.15, -0.1) is 0 Å². The summed E-state index contributed by atoms with van der Waals surface area (Å²) in [4.78, 5) is 3.93. The molecule has 0 aromatic carbocycles. The van der Waals surface area contributed by atoms with Gasteiger partial charge >= 0.3 is 0 Å². The van der Waals surface area contributed by atoms with Crippen LogP contribution in [-0.4, -0.2) is 4.98 Å². The van der Waals surface area contributed by atoms with Crippen LogP contribution in [0.25, 0.3) is 6.08 Å². The van der Waals surface area contributed by atoms with E-state index in [1.165, 1.54) is 6.08 Å². The zero-order valence-corrected chi connectivity index (χ0v) is 7.25. The Labute approximate surface area is 73.3 Å². The summed E-state index contributed by atoms with van der Waals surface area (Å²) in [6.07, 6.45) is 6.52. The van der Waals surface area contributed by atoms with Gasteiger partial charge in [0.25, 0.3) is 0 Å². The molecular weight excluding hydrogens is 204 g/mol. The summed E-state index contributed by atoms with van der Waals surface area (Å²) in [5.41, 5.74) is 0.918. The Bertz CT molecular complexity index is 312. The van der Waals surface area contributed by atoms with E-state index in [0.29, 0.717) is 0 Å². The highest BCUT2D eigenvalue weighted by atomic mass is 79.9. The first-order valence-corrected chi connectivity index (χ1v) is 3.79. The molecule has 1 rings (SSSR count). The average Bonchev–Trinajstić information content (AvgIpc) is 2.01. The number of aromatic nitrogens is 1. The Balaban J connectivity index is 2.90. The molecule has 0 saturated carbocycles. The topological polar surface area (TPSA) is 36.7 Å². The summed E-state index contributed by atoms with van der Waals surface area (Å²) in [5, 5.41) is 8.23. The molecule has 1 heterocycles. The van der Waals surface area contributed by atoms with Gasteiger partial charge in [0, 0.05) is 22.9 Å². The van der Waals surface area contributed by atoms with Crippen LogP contribution in [0.3, 0.4) is 0 Å². The minimum absolute atomic E-state index is 0.914. The van der Waals surface area contributed by atoms with Crippen molar-refractivity contribution < 1.29 is 0 Å². The molecule has 0 radical (unpaired) electrons. The van der Waals surface area contributed by atoms with Crippen molar-refractivity contribution in [1.82, 2.24) is 4.98 Å². The van der Waals surface area contributed by atoms with E-state index in [1.54, 1.807) is 18.5 Å². The maximum Gasteiger partial charge on any atom is 0.0912 e. The first kappa shape index (κ1) is 7.96. The Morgan fingerprint density at radius 2 is 2.36 bits per heavy atom. The molecule has 2 nitrogen and oxygen atoms in total. The zero-order chi connectivity index (χ0) is 8.10. The molecule has 0 unspecified atom stereocenters. The summed E-state index contributed by atoms with van der Waals surface area (Å²) in [7, 11) is 0. The second kappa shape index (κ2) is 3.89. The lowest BCUT2D eigenvalue weighted by molar-refractivity contribution is 1.30. The molecule has 0 aliphatic heterocycles. The van der Waals surface area contributed by atoms with Gasteiger partial charge in [0.15, 0.2) is 0 Å². The Hall–Kier alpha value is -1.14. The summed E-state index contributed by atoms with van der Waals surface area (Å²) in [6, 6.07) is 3.80. The number of nitrogens with zero attached hydrogens (tertiary/aromatic N) is 2. The average molecular weight is 209 g/mol. The van der Waals surface area contributed by atoms with Gasteiger partial charge in [-0.05, 0) is 33.6 Å². The van der Waals surface area contributed by atoms with Crippen LogP contribution < -0.4 is 0 Å². The van der Waals surface area contributed by atoms with Crippen molar-refractivity contribution in [2.45, 2.75) is 0 Å². The fourth-order valence-electron chi connectivity index (χ4n) is 0.653. The van der Waals surface area contributed by atoms with Gasteiger partial charge in [0.2, 0.25) is 0 Å². The minimum atomic E-state index is 0.914. The molecule has 1 aromatic heterocycles. The standard InChI is InChI=1S/C8H5BrN2/c9-8-4-7(2-1-3-10)5-11-6-8/h1-2,4-6H. The Morgan fingerprint density at radius 1 is 1.55 bits per heavy atom. The molecule has 0 saturated heterocycles. The van der Waals surface area contributed by atoms with E-state index in [2.05, 4.69) is 20.9 Å². The van der Waals surface area contributed by atoms with Crippen LogP contribution in [0.4, 0.5) is 0 Å². The maximum absolute atomic E-state index is 8.23. The minimum Gasteiger partial charge on any atom is -0.263 e. The van der Waals surface area contributed by atoms with Crippen LogP contribution in [0.1, 0.15) is 5.56 Å². The highest BCUT2D eigenvalue weighted by Gasteiger charge is 1.87. The number of hydrogen-bond donors (Lipinski definition) is 0. The lowest BCUT2D eigenvalue weighted by atomic mass is 10.3. The molecule has 0 aliphatic rings. The fourth-order valence-corrected chi connectivity index (χ4v) is 1.04. The second-order valence-corrected chi connectivity index (χ2v) is 2.81. The molecule has 0 N–H and O–H groups in total. The van der Waals surface area contributed by atoms with Crippen molar-refractivity contribution in [2.24, 2.45) is 0 Å². The molecule has 3 heteroatoms. The second-order valence-electron chi connectivity index (χ2n) is 1.90. The van der Waals surface area contributed by atoms with Gasteiger partial charge in [-0.2, -0.15) is 5.26 Å². The monoisotopic (exact) mass is 208 g/mol. The molecule has 0 amide bonds. The third-order valence-electron chi connectivity index (χ3n) is 1.08. The van der Waals surface area contributed by atoms with Gasteiger partial charge < -0.3 is 0 Å². The van der Waals surface area contributed by atoms with Gasteiger partial charge in [-0.25, -0.2) is 0 Å². The molecule has 0 bridgehead atoms. The van der Waals surface area contributed by atoms with Crippen molar-refractivity contribution >= 4 is 22.0 Å². The van der Waals surface area contributed by atoms with Crippen molar-refractivity contribution in [2.75, 3.05) is 0 Å². The molecule has 0 fully saturated rings.